The number of aromatic nitrogens is 3. The third kappa shape index (κ3) is 2.35. The van der Waals surface area contributed by atoms with Gasteiger partial charge >= 0.3 is 0 Å². The molecule has 0 radical (unpaired) electrons. The van der Waals surface area contributed by atoms with Crippen molar-refractivity contribution in [1.82, 2.24) is 19.9 Å². The van der Waals surface area contributed by atoms with Gasteiger partial charge in [-0.1, -0.05) is 0 Å². The molecule has 0 bridgehead atoms. The van der Waals surface area contributed by atoms with Crippen LogP contribution in [0.3, 0.4) is 0 Å². The maximum Gasteiger partial charge on any atom is 0.261 e. The molecular weight excluding hydrogens is 346 g/mol. The summed E-state index contributed by atoms with van der Waals surface area (Å²) in [5.74, 6) is 0.534. The van der Waals surface area contributed by atoms with Gasteiger partial charge in [0.1, 0.15) is 11.4 Å². The molecule has 26 heavy (non-hydrogen) atoms. The predicted molar refractivity (Wildman–Crippen MR) is 107 cm³/mol. The molecule has 0 saturated heterocycles. The number of rotatable bonds is 1. The fraction of sp³-hybridized carbons (Fsp3) is 0.263. The monoisotopic (exact) mass is 365 g/mol. The molecule has 0 fully saturated rings. The number of H-pyrrole nitrogens is 2. The number of benzene rings is 1. The highest BCUT2D eigenvalue weighted by atomic mass is 32.1. The number of nitrogen functional groups attached to an aromatic ring is 1. The number of hydrogen-bond acceptors (Lipinski definition) is 5. The summed E-state index contributed by atoms with van der Waals surface area (Å²) >= 11 is 1.52. The molecule has 0 spiro atoms. The fourth-order valence-electron chi connectivity index (χ4n) is 3.74. The molecule has 1 aliphatic heterocycles. The van der Waals surface area contributed by atoms with Crippen LogP contribution in [0.5, 0.6) is 0 Å². The summed E-state index contributed by atoms with van der Waals surface area (Å²) in [7, 11) is 2.16. The SMILES string of the molecule is CN1CCc2cc3nc(-c4c(N)c5sccc5[nH]c4=O)[nH]c3cc2CC1. The number of anilines is 1. The third-order valence-electron chi connectivity index (χ3n) is 5.22. The van der Waals surface area contributed by atoms with E-state index in [4.69, 9.17) is 5.73 Å². The molecular formula is C19H19N5OS. The minimum absolute atomic E-state index is 0.212. The minimum Gasteiger partial charge on any atom is -0.397 e. The lowest BCUT2D eigenvalue weighted by Crippen LogP contribution is -2.20. The van der Waals surface area contributed by atoms with Gasteiger partial charge in [0.05, 0.1) is 26.9 Å². The Labute approximate surface area is 153 Å². The van der Waals surface area contributed by atoms with Gasteiger partial charge in [0.15, 0.2) is 0 Å². The van der Waals surface area contributed by atoms with Crippen molar-refractivity contribution in [3.63, 3.8) is 0 Å². The second-order valence-electron chi connectivity index (χ2n) is 6.93. The molecule has 3 aromatic heterocycles. The van der Waals surface area contributed by atoms with Crippen molar-refractivity contribution in [3.8, 4) is 11.4 Å². The molecule has 4 heterocycles. The average molecular weight is 365 g/mol. The topological polar surface area (TPSA) is 90.8 Å². The van der Waals surface area contributed by atoms with Crippen molar-refractivity contribution < 1.29 is 0 Å². The number of nitrogens with zero attached hydrogens (tertiary/aromatic N) is 2. The molecule has 0 unspecified atom stereocenters. The molecule has 4 aromatic rings. The number of nitrogens with two attached hydrogens (primary N) is 1. The highest BCUT2D eigenvalue weighted by Crippen LogP contribution is 2.32. The highest BCUT2D eigenvalue weighted by Gasteiger charge is 2.18. The van der Waals surface area contributed by atoms with Crippen LogP contribution in [0.2, 0.25) is 0 Å². The van der Waals surface area contributed by atoms with E-state index >= 15 is 0 Å². The van der Waals surface area contributed by atoms with Gasteiger partial charge in [-0.3, -0.25) is 4.79 Å². The third-order valence-corrected chi connectivity index (χ3v) is 6.17. The summed E-state index contributed by atoms with van der Waals surface area (Å²) in [4.78, 5) is 25.8. The number of thiophene rings is 1. The van der Waals surface area contributed by atoms with Crippen LogP contribution in [0.25, 0.3) is 32.6 Å². The zero-order chi connectivity index (χ0) is 17.8. The van der Waals surface area contributed by atoms with E-state index in [1.54, 1.807) is 0 Å². The van der Waals surface area contributed by atoms with Gasteiger partial charge in [-0.2, -0.15) is 0 Å². The number of aromatic amines is 2. The summed E-state index contributed by atoms with van der Waals surface area (Å²) in [5, 5.41) is 1.92. The lowest BCUT2D eigenvalue weighted by atomic mass is 10.0. The van der Waals surface area contributed by atoms with Crippen LogP contribution in [0.15, 0.2) is 28.4 Å². The molecule has 1 aromatic carbocycles. The first-order valence-electron chi connectivity index (χ1n) is 8.69. The van der Waals surface area contributed by atoms with Crippen LogP contribution in [0.1, 0.15) is 11.1 Å². The van der Waals surface area contributed by atoms with Crippen LogP contribution >= 0.6 is 11.3 Å². The Hall–Kier alpha value is -2.64. The van der Waals surface area contributed by atoms with Crippen molar-refractivity contribution in [1.29, 1.82) is 0 Å². The summed E-state index contributed by atoms with van der Waals surface area (Å²) in [6, 6.07) is 6.19. The standard InChI is InChI=1S/C19H19N5OS/c1-24-5-2-10-8-13-14(9-11(10)3-6-24)22-18(21-13)15-16(20)17-12(4-7-26-17)23-19(15)25/h4,7-9H,2-3,5-6H2,1H3,(H,21,22)(H3,20,23,25). The van der Waals surface area contributed by atoms with E-state index in [2.05, 4.69) is 39.0 Å². The highest BCUT2D eigenvalue weighted by molar-refractivity contribution is 7.17. The number of imidazole rings is 1. The zero-order valence-corrected chi connectivity index (χ0v) is 15.2. The fourth-order valence-corrected chi connectivity index (χ4v) is 4.55. The van der Waals surface area contributed by atoms with E-state index in [9.17, 15) is 4.79 Å². The van der Waals surface area contributed by atoms with Crippen molar-refractivity contribution in [2.75, 3.05) is 25.9 Å². The van der Waals surface area contributed by atoms with Crippen LogP contribution < -0.4 is 11.3 Å². The van der Waals surface area contributed by atoms with Crippen molar-refractivity contribution in [3.05, 3.63) is 45.1 Å². The van der Waals surface area contributed by atoms with Gasteiger partial charge in [-0.05, 0) is 54.6 Å². The maximum atomic E-state index is 12.6. The summed E-state index contributed by atoms with van der Waals surface area (Å²) in [5.41, 5.74) is 12.3. The number of pyridine rings is 1. The van der Waals surface area contributed by atoms with E-state index in [0.717, 1.165) is 47.2 Å². The van der Waals surface area contributed by atoms with Gasteiger partial charge in [-0.25, -0.2) is 4.98 Å². The largest absolute Gasteiger partial charge is 0.397 e. The van der Waals surface area contributed by atoms with Crippen LogP contribution in [0, 0.1) is 0 Å². The van der Waals surface area contributed by atoms with Gasteiger partial charge < -0.3 is 20.6 Å². The molecule has 132 valence electrons. The van der Waals surface area contributed by atoms with E-state index < -0.39 is 0 Å². The number of likely N-dealkylation sites (N-methyl/N-ethyl adjacent to an activating group) is 1. The molecule has 0 saturated carbocycles. The smallest absolute Gasteiger partial charge is 0.261 e. The Morgan fingerprint density at radius 2 is 1.92 bits per heavy atom. The Balaban J connectivity index is 1.68. The zero-order valence-electron chi connectivity index (χ0n) is 14.4. The van der Waals surface area contributed by atoms with E-state index in [-0.39, 0.29) is 5.56 Å². The first kappa shape index (κ1) is 15.6. The molecule has 0 aliphatic carbocycles. The maximum absolute atomic E-state index is 12.6. The van der Waals surface area contributed by atoms with E-state index in [0.29, 0.717) is 17.1 Å². The molecule has 0 amide bonds. The average Bonchev–Trinajstić information content (AvgIpc) is 3.19. The Bertz CT molecular complexity index is 1160. The van der Waals surface area contributed by atoms with Gasteiger partial charge in [0.2, 0.25) is 0 Å². The molecule has 6 nitrogen and oxygen atoms in total. The lowest BCUT2D eigenvalue weighted by molar-refractivity contribution is 0.352. The lowest BCUT2D eigenvalue weighted by Gasteiger charge is -2.10. The summed E-state index contributed by atoms with van der Waals surface area (Å²) in [6.07, 6.45) is 2.05. The molecule has 0 atom stereocenters. The van der Waals surface area contributed by atoms with E-state index in [1.807, 2.05) is 11.4 Å². The predicted octanol–water partition coefficient (Wildman–Crippen LogP) is 2.75. The normalized spacial score (nSPS) is 15.4. The quantitative estimate of drug-likeness (QED) is 0.484. The van der Waals surface area contributed by atoms with Crippen molar-refractivity contribution in [2.45, 2.75) is 12.8 Å². The van der Waals surface area contributed by atoms with Gasteiger partial charge in [-0.15, -0.1) is 11.3 Å². The first-order chi connectivity index (χ1) is 12.6. The molecule has 1 aliphatic rings. The Kier molecular flexibility index (Phi) is 3.41. The van der Waals surface area contributed by atoms with Crippen LogP contribution in [0.4, 0.5) is 5.69 Å². The van der Waals surface area contributed by atoms with Crippen molar-refractivity contribution >= 4 is 38.3 Å². The number of fused-ring (bicyclic) bond motifs is 3. The van der Waals surface area contributed by atoms with Gasteiger partial charge in [0.25, 0.3) is 5.56 Å². The van der Waals surface area contributed by atoms with Crippen LogP contribution in [-0.2, 0) is 12.8 Å². The van der Waals surface area contributed by atoms with Gasteiger partial charge in [0, 0.05) is 13.1 Å². The molecule has 7 heteroatoms. The first-order valence-corrected chi connectivity index (χ1v) is 9.57. The second kappa shape index (κ2) is 5.69. The van der Waals surface area contributed by atoms with E-state index in [1.165, 1.54) is 22.5 Å². The Morgan fingerprint density at radius 3 is 2.73 bits per heavy atom. The van der Waals surface area contributed by atoms with Crippen LogP contribution in [-0.4, -0.2) is 40.0 Å². The summed E-state index contributed by atoms with van der Waals surface area (Å²) < 4.78 is 0.888. The van der Waals surface area contributed by atoms with Crippen molar-refractivity contribution in [2.24, 2.45) is 0 Å². The molecule has 4 N–H and O–H groups in total. The second-order valence-corrected chi connectivity index (χ2v) is 7.85. The number of hydrogen-bond donors (Lipinski definition) is 3. The molecule has 5 rings (SSSR count). The minimum atomic E-state index is -0.212. The Morgan fingerprint density at radius 1 is 1.15 bits per heavy atom. The number of nitrogens with one attached hydrogen (secondary N) is 2. The summed E-state index contributed by atoms with van der Waals surface area (Å²) in [6.45, 7) is 2.11.